The number of aromatic amines is 1. The van der Waals surface area contributed by atoms with Crippen LogP contribution in [-0.4, -0.2) is 36.0 Å². The molecular formula is C15H16N6O2S. The zero-order valence-electron chi connectivity index (χ0n) is 13.4. The highest BCUT2D eigenvalue weighted by Crippen LogP contribution is 2.22. The van der Waals surface area contributed by atoms with E-state index in [0.29, 0.717) is 10.9 Å². The van der Waals surface area contributed by atoms with Crippen molar-refractivity contribution in [2.75, 3.05) is 5.32 Å². The maximum absolute atomic E-state index is 12.4. The van der Waals surface area contributed by atoms with Gasteiger partial charge in [0, 0.05) is 5.69 Å². The highest BCUT2D eigenvalue weighted by molar-refractivity contribution is 8.00. The number of nitrogens with one attached hydrogen (secondary N) is 2. The van der Waals surface area contributed by atoms with Crippen LogP contribution in [0.3, 0.4) is 0 Å². The lowest BCUT2D eigenvalue weighted by atomic mass is 10.2. The van der Waals surface area contributed by atoms with Crippen LogP contribution in [0.4, 0.5) is 5.69 Å². The third-order valence-electron chi connectivity index (χ3n) is 3.47. The largest absolute Gasteiger partial charge is 0.325 e. The molecule has 1 atom stereocenters. The van der Waals surface area contributed by atoms with E-state index in [4.69, 9.17) is 0 Å². The lowest BCUT2D eigenvalue weighted by molar-refractivity contribution is -0.115. The molecule has 0 unspecified atom stereocenters. The summed E-state index contributed by atoms with van der Waals surface area (Å²) in [5.41, 5.74) is 1.77. The van der Waals surface area contributed by atoms with Crippen LogP contribution in [0.15, 0.2) is 34.2 Å². The number of carbonyl (C=O) groups is 1. The second kappa shape index (κ2) is 6.44. The summed E-state index contributed by atoms with van der Waals surface area (Å²) in [5.74, 6) is 0.104. The summed E-state index contributed by atoms with van der Waals surface area (Å²) < 4.78 is 1.43. The number of aryl methyl sites for hydroxylation is 2. The third-order valence-corrected chi connectivity index (χ3v) is 4.50. The molecule has 0 aliphatic carbocycles. The number of fused-ring (bicyclic) bond motifs is 1. The molecule has 9 heteroatoms. The number of rotatable bonds is 4. The van der Waals surface area contributed by atoms with Gasteiger partial charge in [-0.2, -0.15) is 9.61 Å². The fourth-order valence-corrected chi connectivity index (χ4v) is 2.85. The molecule has 0 bridgehead atoms. The molecule has 1 aromatic carbocycles. The molecule has 0 saturated carbocycles. The Morgan fingerprint density at radius 2 is 2.04 bits per heavy atom. The monoisotopic (exact) mass is 344 g/mol. The van der Waals surface area contributed by atoms with Crippen LogP contribution in [-0.2, 0) is 4.79 Å². The molecule has 0 saturated heterocycles. The molecule has 2 heterocycles. The molecule has 24 heavy (non-hydrogen) atoms. The summed E-state index contributed by atoms with van der Waals surface area (Å²) in [5, 5.41) is 14.9. The van der Waals surface area contributed by atoms with Gasteiger partial charge in [-0.05, 0) is 32.4 Å². The number of benzene rings is 1. The van der Waals surface area contributed by atoms with Crippen LogP contribution in [0.2, 0.25) is 0 Å². The summed E-state index contributed by atoms with van der Waals surface area (Å²) in [6.45, 7) is 5.31. The van der Waals surface area contributed by atoms with Crippen LogP contribution in [0.25, 0.3) is 5.78 Å². The fraction of sp³-hybridized carbons (Fsp3) is 0.267. The highest BCUT2D eigenvalue weighted by Gasteiger charge is 2.19. The zero-order valence-corrected chi connectivity index (χ0v) is 14.2. The maximum atomic E-state index is 12.4. The normalized spacial score (nSPS) is 12.3. The average molecular weight is 344 g/mol. The van der Waals surface area contributed by atoms with E-state index in [2.05, 4.69) is 25.6 Å². The van der Waals surface area contributed by atoms with Crippen LogP contribution in [0, 0.1) is 13.8 Å². The van der Waals surface area contributed by atoms with Gasteiger partial charge in [0.1, 0.15) is 5.69 Å². The zero-order chi connectivity index (χ0) is 17.3. The Morgan fingerprint density at radius 1 is 1.29 bits per heavy atom. The second-order valence-electron chi connectivity index (χ2n) is 5.32. The fourth-order valence-electron chi connectivity index (χ4n) is 2.05. The summed E-state index contributed by atoms with van der Waals surface area (Å²) >= 11 is 1.22. The first kappa shape index (κ1) is 16.2. The first-order valence-corrected chi connectivity index (χ1v) is 8.19. The molecule has 2 N–H and O–H groups in total. The van der Waals surface area contributed by atoms with E-state index in [1.165, 1.54) is 16.3 Å². The molecule has 3 rings (SSSR count). The van der Waals surface area contributed by atoms with E-state index in [9.17, 15) is 9.59 Å². The minimum atomic E-state index is -0.411. The van der Waals surface area contributed by atoms with Crippen LogP contribution in [0.5, 0.6) is 0 Å². The van der Waals surface area contributed by atoms with Gasteiger partial charge in [0.15, 0.2) is 0 Å². The van der Waals surface area contributed by atoms with Gasteiger partial charge in [-0.1, -0.05) is 30.0 Å². The second-order valence-corrected chi connectivity index (χ2v) is 6.63. The Kier molecular flexibility index (Phi) is 4.34. The van der Waals surface area contributed by atoms with Gasteiger partial charge in [-0.15, -0.1) is 10.2 Å². The van der Waals surface area contributed by atoms with Crippen molar-refractivity contribution < 1.29 is 4.79 Å². The Labute approximate surface area is 141 Å². The summed E-state index contributed by atoms with van der Waals surface area (Å²) in [6.07, 6.45) is 0. The molecule has 124 valence electrons. The molecular weight excluding hydrogens is 328 g/mol. The molecule has 1 amide bonds. The van der Waals surface area contributed by atoms with Crippen molar-refractivity contribution in [1.82, 2.24) is 24.8 Å². The quantitative estimate of drug-likeness (QED) is 0.696. The number of nitrogens with zero attached hydrogens (tertiary/aromatic N) is 4. The van der Waals surface area contributed by atoms with E-state index >= 15 is 0 Å². The van der Waals surface area contributed by atoms with Crippen molar-refractivity contribution in [1.29, 1.82) is 0 Å². The van der Waals surface area contributed by atoms with Gasteiger partial charge in [-0.3, -0.25) is 14.6 Å². The first-order chi connectivity index (χ1) is 11.5. The van der Waals surface area contributed by atoms with E-state index in [1.807, 2.05) is 31.2 Å². The smallest absolute Gasteiger partial charge is 0.273 e. The van der Waals surface area contributed by atoms with Crippen molar-refractivity contribution in [3.63, 3.8) is 0 Å². The van der Waals surface area contributed by atoms with Gasteiger partial charge in [0.25, 0.3) is 11.3 Å². The van der Waals surface area contributed by atoms with Gasteiger partial charge >= 0.3 is 0 Å². The van der Waals surface area contributed by atoms with E-state index in [-0.39, 0.29) is 17.2 Å². The van der Waals surface area contributed by atoms with E-state index in [0.717, 1.165) is 11.3 Å². The molecule has 0 spiro atoms. The minimum absolute atomic E-state index is 0.146. The molecule has 0 aliphatic rings. The standard InChI is InChI=1S/C15H16N6O2S/c1-8-6-4-5-7-11(8)16-13(23)10(3)24-15-19-18-14-17-12(22)9(2)20-21(14)15/h4-7,10H,1-3H3,(H,16,23)(H,17,18,22)/t10-/m1/s1. The lowest BCUT2D eigenvalue weighted by Gasteiger charge is -2.12. The summed E-state index contributed by atoms with van der Waals surface area (Å²) in [6, 6.07) is 7.57. The van der Waals surface area contributed by atoms with Gasteiger partial charge < -0.3 is 5.32 Å². The number of anilines is 1. The Balaban J connectivity index is 1.78. The molecule has 0 radical (unpaired) electrons. The maximum Gasteiger partial charge on any atom is 0.273 e. The first-order valence-electron chi connectivity index (χ1n) is 7.31. The topological polar surface area (TPSA) is 105 Å². The Morgan fingerprint density at radius 3 is 2.79 bits per heavy atom. The third kappa shape index (κ3) is 3.16. The van der Waals surface area contributed by atoms with Gasteiger partial charge in [0.05, 0.1) is 5.25 Å². The number of aromatic nitrogens is 5. The van der Waals surface area contributed by atoms with Gasteiger partial charge in [-0.25, -0.2) is 0 Å². The van der Waals surface area contributed by atoms with E-state index in [1.54, 1.807) is 13.8 Å². The van der Waals surface area contributed by atoms with E-state index < -0.39 is 5.25 Å². The number of carbonyl (C=O) groups excluding carboxylic acids is 1. The number of H-pyrrole nitrogens is 1. The molecule has 8 nitrogen and oxygen atoms in total. The number of amides is 1. The predicted molar refractivity (Wildman–Crippen MR) is 91.3 cm³/mol. The van der Waals surface area contributed by atoms with Crippen molar-refractivity contribution in [3.05, 3.63) is 45.9 Å². The Bertz CT molecular complexity index is 964. The average Bonchev–Trinajstić information content (AvgIpc) is 2.92. The SMILES string of the molecule is Cc1ccccc1NC(=O)[C@@H](C)Sc1nnc2[nH]c(=O)c(C)nn12. The lowest BCUT2D eigenvalue weighted by Crippen LogP contribution is -2.23. The number of thioether (sulfide) groups is 1. The Hall–Kier alpha value is -2.68. The highest BCUT2D eigenvalue weighted by atomic mass is 32.2. The minimum Gasteiger partial charge on any atom is -0.325 e. The van der Waals surface area contributed by atoms with Crippen molar-refractivity contribution in [2.24, 2.45) is 0 Å². The number of hydrogen-bond acceptors (Lipinski definition) is 6. The summed E-state index contributed by atoms with van der Waals surface area (Å²) in [7, 11) is 0. The van der Waals surface area contributed by atoms with Crippen LogP contribution in [0.1, 0.15) is 18.2 Å². The molecule has 0 fully saturated rings. The summed E-state index contributed by atoms with van der Waals surface area (Å²) in [4.78, 5) is 26.5. The van der Waals surface area contributed by atoms with Crippen LogP contribution >= 0.6 is 11.8 Å². The van der Waals surface area contributed by atoms with Crippen LogP contribution < -0.4 is 10.9 Å². The van der Waals surface area contributed by atoms with Gasteiger partial charge in [0.2, 0.25) is 11.1 Å². The predicted octanol–water partition coefficient (Wildman–Crippen LogP) is 1.55. The molecule has 0 aliphatic heterocycles. The molecule has 2 aromatic heterocycles. The van der Waals surface area contributed by atoms with Crippen molar-refractivity contribution >= 4 is 29.1 Å². The number of hydrogen-bond donors (Lipinski definition) is 2. The molecule has 3 aromatic rings. The van der Waals surface area contributed by atoms with Crippen molar-refractivity contribution in [2.45, 2.75) is 31.2 Å². The number of para-hydroxylation sites is 1. The van der Waals surface area contributed by atoms with Crippen molar-refractivity contribution in [3.8, 4) is 0 Å².